The summed E-state index contributed by atoms with van der Waals surface area (Å²) in [5, 5.41) is 9.08. The number of likely N-dealkylation sites (tertiary alicyclic amines) is 1. The topological polar surface area (TPSA) is 76.6 Å². The second-order valence-corrected chi connectivity index (χ2v) is 9.84. The first kappa shape index (κ1) is 24.0. The van der Waals surface area contributed by atoms with E-state index in [0.717, 1.165) is 51.6 Å². The number of nitrogens with zero attached hydrogens (tertiary/aromatic N) is 4. The van der Waals surface area contributed by atoms with Crippen LogP contribution >= 0.6 is 0 Å². The van der Waals surface area contributed by atoms with Crippen molar-refractivity contribution >= 4 is 12.1 Å². The number of carbonyl (C=O) groups excluding carboxylic acids is 1. The molecule has 0 aliphatic carbocycles. The normalized spacial score (nSPS) is 26.0. The first-order chi connectivity index (χ1) is 16.0. The van der Waals surface area contributed by atoms with Gasteiger partial charge >= 0.3 is 12.1 Å². The van der Waals surface area contributed by atoms with Gasteiger partial charge in [0, 0.05) is 45.8 Å². The van der Waals surface area contributed by atoms with Gasteiger partial charge in [0.1, 0.15) is 0 Å². The highest BCUT2D eigenvalue weighted by molar-refractivity contribution is 5.69. The molecule has 0 saturated carbocycles. The zero-order valence-corrected chi connectivity index (χ0v) is 19.8. The van der Waals surface area contributed by atoms with Crippen molar-refractivity contribution in [1.82, 2.24) is 19.6 Å². The van der Waals surface area contributed by atoms with Gasteiger partial charge in [0.2, 0.25) is 0 Å². The largest absolute Gasteiger partial charge is 0.481 e. The number of carbonyl (C=O) groups is 2. The number of cyclic esters (lactones) is 1. The van der Waals surface area contributed by atoms with Crippen molar-refractivity contribution in [2.45, 2.75) is 50.9 Å². The Labute approximate surface area is 197 Å². The smallest absolute Gasteiger partial charge is 0.411 e. The van der Waals surface area contributed by atoms with Crippen LogP contribution in [0.4, 0.5) is 4.79 Å². The lowest BCUT2D eigenvalue weighted by atomic mass is 9.89. The van der Waals surface area contributed by atoms with E-state index in [1.54, 1.807) is 11.9 Å². The van der Waals surface area contributed by atoms with E-state index in [2.05, 4.69) is 45.0 Å². The molecule has 2 unspecified atom stereocenters. The molecule has 8 heteroatoms. The molecular weight excluding hydrogens is 420 g/mol. The summed E-state index contributed by atoms with van der Waals surface area (Å²) < 4.78 is 5.63. The van der Waals surface area contributed by atoms with Crippen molar-refractivity contribution in [3.63, 3.8) is 0 Å². The molecule has 3 aliphatic rings. The lowest BCUT2D eigenvalue weighted by Crippen LogP contribution is -2.57. The second kappa shape index (κ2) is 11.3. The molecule has 182 valence electrons. The highest BCUT2D eigenvalue weighted by atomic mass is 16.6. The summed E-state index contributed by atoms with van der Waals surface area (Å²) >= 11 is 0. The predicted octanol–water partition coefficient (Wildman–Crippen LogP) is 2.55. The Morgan fingerprint density at radius 1 is 1.03 bits per heavy atom. The van der Waals surface area contributed by atoms with Crippen LogP contribution in [0.25, 0.3) is 0 Å². The van der Waals surface area contributed by atoms with Crippen LogP contribution in [0.5, 0.6) is 0 Å². The quantitative estimate of drug-likeness (QED) is 0.609. The van der Waals surface area contributed by atoms with Crippen LogP contribution < -0.4 is 0 Å². The zero-order valence-electron chi connectivity index (χ0n) is 19.8. The van der Waals surface area contributed by atoms with Gasteiger partial charge < -0.3 is 14.7 Å². The molecule has 33 heavy (non-hydrogen) atoms. The summed E-state index contributed by atoms with van der Waals surface area (Å²) in [6.45, 7) is 6.98. The number of piperazine rings is 1. The fraction of sp³-hybridized carbons (Fsp3) is 0.680. The van der Waals surface area contributed by atoms with E-state index in [1.807, 2.05) is 0 Å². The number of rotatable bonds is 9. The molecule has 1 amide bonds. The van der Waals surface area contributed by atoms with Crippen LogP contribution in [0, 0.1) is 5.92 Å². The van der Waals surface area contributed by atoms with Gasteiger partial charge in [0.25, 0.3) is 0 Å². The molecule has 3 aliphatic heterocycles. The molecule has 3 saturated heterocycles. The standard InChI is InChI=1S/C25H38N4O4/c1-26-19-23(33-25(26)32)29-16-15-28(14-11-24(30)31)18-22(29)8-7-20-9-12-27(13-10-20)17-21-5-3-2-4-6-21/h2-6,20,22-23H,7-19H2,1H3,(H,30,31). The summed E-state index contributed by atoms with van der Waals surface area (Å²) in [4.78, 5) is 31.8. The number of aliphatic carboxylic acids is 1. The van der Waals surface area contributed by atoms with E-state index < -0.39 is 5.97 Å². The number of piperidine rings is 1. The monoisotopic (exact) mass is 458 g/mol. The highest BCUT2D eigenvalue weighted by Gasteiger charge is 2.39. The molecular formula is C25H38N4O4. The molecule has 3 heterocycles. The van der Waals surface area contributed by atoms with Crippen molar-refractivity contribution in [3.8, 4) is 0 Å². The van der Waals surface area contributed by atoms with Crippen molar-refractivity contribution in [3.05, 3.63) is 35.9 Å². The minimum absolute atomic E-state index is 0.174. The van der Waals surface area contributed by atoms with Gasteiger partial charge in [-0.1, -0.05) is 30.3 Å². The first-order valence-electron chi connectivity index (χ1n) is 12.4. The second-order valence-electron chi connectivity index (χ2n) is 9.84. The van der Waals surface area contributed by atoms with Gasteiger partial charge in [0.15, 0.2) is 6.23 Å². The Kier molecular flexibility index (Phi) is 8.22. The van der Waals surface area contributed by atoms with Crippen LogP contribution in [0.3, 0.4) is 0 Å². The molecule has 0 aromatic heterocycles. The van der Waals surface area contributed by atoms with E-state index in [9.17, 15) is 9.59 Å². The first-order valence-corrected chi connectivity index (χ1v) is 12.4. The molecule has 1 aromatic carbocycles. The van der Waals surface area contributed by atoms with Crippen LogP contribution in [0.15, 0.2) is 30.3 Å². The molecule has 3 fully saturated rings. The van der Waals surface area contributed by atoms with Crippen LogP contribution in [-0.2, 0) is 16.1 Å². The number of carboxylic acid groups (broad SMARTS) is 1. The van der Waals surface area contributed by atoms with Gasteiger partial charge in [0.05, 0.1) is 13.0 Å². The van der Waals surface area contributed by atoms with E-state index in [0.29, 0.717) is 19.1 Å². The maximum absolute atomic E-state index is 11.9. The highest BCUT2D eigenvalue weighted by Crippen LogP contribution is 2.28. The summed E-state index contributed by atoms with van der Waals surface area (Å²) in [5.41, 5.74) is 1.38. The van der Waals surface area contributed by atoms with E-state index in [1.165, 1.54) is 24.8 Å². The van der Waals surface area contributed by atoms with Gasteiger partial charge in [-0.25, -0.2) is 4.79 Å². The Hall–Kier alpha value is -2.16. The minimum atomic E-state index is -0.748. The Morgan fingerprint density at radius 2 is 1.79 bits per heavy atom. The number of hydrogen-bond acceptors (Lipinski definition) is 6. The maximum atomic E-state index is 11.9. The third kappa shape index (κ3) is 6.68. The third-order valence-electron chi connectivity index (χ3n) is 7.47. The summed E-state index contributed by atoms with van der Waals surface area (Å²) in [5.74, 6) is -0.0235. The van der Waals surface area contributed by atoms with Crippen molar-refractivity contribution < 1.29 is 19.4 Å². The Bertz CT molecular complexity index is 784. The van der Waals surface area contributed by atoms with E-state index in [4.69, 9.17) is 9.84 Å². The Morgan fingerprint density at radius 3 is 2.45 bits per heavy atom. The average molecular weight is 459 g/mol. The number of carboxylic acids is 1. The maximum Gasteiger partial charge on any atom is 0.411 e. The summed E-state index contributed by atoms with van der Waals surface area (Å²) in [6, 6.07) is 11.0. The van der Waals surface area contributed by atoms with Crippen LogP contribution in [-0.4, -0.2) is 102 Å². The minimum Gasteiger partial charge on any atom is -0.481 e. The van der Waals surface area contributed by atoms with Crippen LogP contribution in [0.2, 0.25) is 0 Å². The fourth-order valence-corrected chi connectivity index (χ4v) is 5.45. The zero-order chi connectivity index (χ0) is 23.2. The molecule has 2 atom stereocenters. The van der Waals surface area contributed by atoms with Gasteiger partial charge in [-0.05, 0) is 50.3 Å². The molecule has 0 bridgehead atoms. The molecule has 8 nitrogen and oxygen atoms in total. The SMILES string of the molecule is CN1CC(N2CCN(CCC(=O)O)CC2CCC2CCN(Cc3ccccc3)CC2)OC1=O. The van der Waals surface area contributed by atoms with Gasteiger partial charge in [-0.3, -0.25) is 19.5 Å². The van der Waals surface area contributed by atoms with E-state index in [-0.39, 0.29) is 18.7 Å². The number of ether oxygens (including phenoxy) is 1. The number of hydrogen-bond donors (Lipinski definition) is 1. The molecule has 4 rings (SSSR count). The Balaban J connectivity index is 1.28. The van der Waals surface area contributed by atoms with Gasteiger partial charge in [-0.15, -0.1) is 0 Å². The lowest BCUT2D eigenvalue weighted by Gasteiger charge is -2.44. The molecule has 1 N–H and O–H groups in total. The van der Waals surface area contributed by atoms with Crippen molar-refractivity contribution in [1.29, 1.82) is 0 Å². The fourth-order valence-electron chi connectivity index (χ4n) is 5.45. The van der Waals surface area contributed by atoms with E-state index >= 15 is 0 Å². The van der Waals surface area contributed by atoms with Gasteiger partial charge in [-0.2, -0.15) is 0 Å². The third-order valence-corrected chi connectivity index (χ3v) is 7.47. The number of amides is 1. The van der Waals surface area contributed by atoms with Crippen LogP contribution in [0.1, 0.15) is 37.7 Å². The molecule has 0 spiro atoms. The lowest BCUT2D eigenvalue weighted by molar-refractivity contribution is -0.137. The molecule has 0 radical (unpaired) electrons. The van der Waals surface area contributed by atoms with Crippen molar-refractivity contribution in [2.24, 2.45) is 5.92 Å². The number of benzene rings is 1. The summed E-state index contributed by atoms with van der Waals surface area (Å²) in [6.07, 6.45) is 4.41. The summed E-state index contributed by atoms with van der Waals surface area (Å²) in [7, 11) is 1.78. The average Bonchev–Trinajstić information content (AvgIpc) is 3.16. The number of likely N-dealkylation sites (N-methyl/N-ethyl adjacent to an activating group) is 1. The predicted molar refractivity (Wildman–Crippen MR) is 126 cm³/mol. The molecule has 1 aromatic rings. The van der Waals surface area contributed by atoms with Crippen molar-refractivity contribution in [2.75, 3.05) is 52.9 Å².